The second-order valence-electron chi connectivity index (χ2n) is 7.34. The number of H-pyrrole nitrogens is 1. The van der Waals surface area contributed by atoms with Gasteiger partial charge in [-0.15, -0.1) is 0 Å². The van der Waals surface area contributed by atoms with Crippen LogP contribution in [-0.4, -0.2) is 50.2 Å². The molecule has 4 rings (SSSR count). The standard InChI is InChI=1S/C17H24N4O2/c1-10-7-8-20(14(10)15-18-9-11(2)19-15)16(22)17(23)21(12-3-4-12)13-5-6-13/h9-10,12-14H,3-8H2,1-2H3,(H,18,19)/t10-,14-/m0/s1. The zero-order valence-corrected chi connectivity index (χ0v) is 13.8. The molecular weight excluding hydrogens is 292 g/mol. The topological polar surface area (TPSA) is 69.3 Å². The minimum absolute atomic E-state index is 0.111. The molecule has 2 saturated carbocycles. The lowest BCUT2D eigenvalue weighted by Gasteiger charge is -2.28. The van der Waals surface area contributed by atoms with Crippen molar-refractivity contribution in [3.05, 3.63) is 17.7 Å². The molecule has 1 aliphatic heterocycles. The van der Waals surface area contributed by atoms with Crippen LogP contribution in [0.2, 0.25) is 0 Å². The molecule has 2 amide bonds. The number of hydrogen-bond donors (Lipinski definition) is 1. The molecule has 124 valence electrons. The zero-order chi connectivity index (χ0) is 16.1. The summed E-state index contributed by atoms with van der Waals surface area (Å²) in [6.07, 6.45) is 6.89. The summed E-state index contributed by atoms with van der Waals surface area (Å²) < 4.78 is 0. The lowest BCUT2D eigenvalue weighted by molar-refractivity contribution is -0.153. The van der Waals surface area contributed by atoms with E-state index >= 15 is 0 Å². The van der Waals surface area contributed by atoms with E-state index in [1.807, 2.05) is 11.8 Å². The normalized spacial score (nSPS) is 27.3. The predicted octanol–water partition coefficient (Wildman–Crippen LogP) is 1.78. The number of amides is 2. The molecule has 23 heavy (non-hydrogen) atoms. The summed E-state index contributed by atoms with van der Waals surface area (Å²) in [6, 6.07) is 0.506. The molecule has 1 aromatic heterocycles. The number of carbonyl (C=O) groups is 2. The summed E-state index contributed by atoms with van der Waals surface area (Å²) in [4.78, 5) is 36.9. The maximum atomic E-state index is 12.9. The number of hydrogen-bond acceptors (Lipinski definition) is 3. The van der Waals surface area contributed by atoms with Crippen molar-refractivity contribution < 1.29 is 9.59 Å². The number of nitrogens with zero attached hydrogens (tertiary/aromatic N) is 3. The third kappa shape index (κ3) is 2.64. The van der Waals surface area contributed by atoms with Gasteiger partial charge in [0.25, 0.3) is 0 Å². The lowest BCUT2D eigenvalue weighted by atomic mass is 10.0. The summed E-state index contributed by atoms with van der Waals surface area (Å²) >= 11 is 0. The molecule has 1 aromatic rings. The third-order valence-electron chi connectivity index (χ3n) is 5.26. The molecule has 6 heteroatoms. The minimum Gasteiger partial charge on any atom is -0.344 e. The molecule has 2 aliphatic carbocycles. The van der Waals surface area contributed by atoms with E-state index < -0.39 is 0 Å². The highest BCUT2D eigenvalue weighted by molar-refractivity contribution is 6.35. The van der Waals surface area contributed by atoms with Crippen molar-refractivity contribution in [2.45, 2.75) is 64.1 Å². The molecule has 2 heterocycles. The van der Waals surface area contributed by atoms with Crippen molar-refractivity contribution in [3.63, 3.8) is 0 Å². The second kappa shape index (κ2) is 5.35. The van der Waals surface area contributed by atoms with Gasteiger partial charge in [-0.1, -0.05) is 6.92 Å². The molecule has 0 aromatic carbocycles. The van der Waals surface area contributed by atoms with Crippen molar-refractivity contribution >= 4 is 11.8 Å². The number of aryl methyl sites for hydroxylation is 1. The second-order valence-corrected chi connectivity index (χ2v) is 7.34. The molecule has 0 radical (unpaired) electrons. The van der Waals surface area contributed by atoms with Gasteiger partial charge in [-0.25, -0.2) is 4.98 Å². The van der Waals surface area contributed by atoms with E-state index in [0.717, 1.165) is 43.6 Å². The Morgan fingerprint density at radius 1 is 1.22 bits per heavy atom. The van der Waals surface area contributed by atoms with Gasteiger partial charge in [-0.05, 0) is 44.9 Å². The van der Waals surface area contributed by atoms with Gasteiger partial charge in [-0.2, -0.15) is 0 Å². The predicted molar refractivity (Wildman–Crippen MR) is 84.4 cm³/mol. The van der Waals surface area contributed by atoms with Crippen molar-refractivity contribution in [2.75, 3.05) is 6.54 Å². The largest absolute Gasteiger partial charge is 0.344 e. The number of aromatic amines is 1. The number of likely N-dealkylation sites (tertiary alicyclic amines) is 1. The number of nitrogens with one attached hydrogen (secondary N) is 1. The Kier molecular flexibility index (Phi) is 3.43. The SMILES string of the molecule is Cc1cnc([C@@H]2[C@@H](C)CCN2C(=O)C(=O)N(C2CC2)C2CC2)[nH]1. The average molecular weight is 316 g/mol. The molecule has 0 unspecified atom stereocenters. The Morgan fingerprint density at radius 3 is 2.39 bits per heavy atom. The Hall–Kier alpha value is -1.85. The van der Waals surface area contributed by atoms with Crippen LogP contribution in [-0.2, 0) is 9.59 Å². The molecule has 0 bridgehead atoms. The van der Waals surface area contributed by atoms with Gasteiger partial charge in [-0.3, -0.25) is 9.59 Å². The van der Waals surface area contributed by atoms with Crippen molar-refractivity contribution in [3.8, 4) is 0 Å². The summed E-state index contributed by atoms with van der Waals surface area (Å²) in [5.74, 6) is 0.482. The summed E-state index contributed by atoms with van der Waals surface area (Å²) in [6.45, 7) is 4.72. The lowest BCUT2D eigenvalue weighted by Crippen LogP contribution is -2.47. The Bertz CT molecular complexity index is 620. The molecule has 0 spiro atoms. The van der Waals surface area contributed by atoms with Crippen LogP contribution >= 0.6 is 0 Å². The number of aromatic nitrogens is 2. The van der Waals surface area contributed by atoms with Gasteiger partial charge < -0.3 is 14.8 Å². The number of carbonyl (C=O) groups excluding carboxylic acids is 2. The third-order valence-corrected chi connectivity index (χ3v) is 5.26. The Balaban J connectivity index is 1.55. The number of rotatable bonds is 3. The quantitative estimate of drug-likeness (QED) is 0.864. The molecule has 6 nitrogen and oxygen atoms in total. The molecular formula is C17H24N4O2. The summed E-state index contributed by atoms with van der Waals surface area (Å²) in [5.41, 5.74) is 0.982. The van der Waals surface area contributed by atoms with Crippen LogP contribution in [0.15, 0.2) is 6.20 Å². The highest BCUT2D eigenvalue weighted by Crippen LogP contribution is 2.39. The van der Waals surface area contributed by atoms with Crippen LogP contribution in [0.4, 0.5) is 0 Å². The molecule has 3 aliphatic rings. The van der Waals surface area contributed by atoms with E-state index in [0.29, 0.717) is 24.5 Å². The fraction of sp³-hybridized carbons (Fsp3) is 0.706. The highest BCUT2D eigenvalue weighted by atomic mass is 16.2. The average Bonchev–Trinajstić information content (AvgIpc) is 3.44. The maximum Gasteiger partial charge on any atom is 0.312 e. The smallest absolute Gasteiger partial charge is 0.312 e. The Morgan fingerprint density at radius 2 is 1.87 bits per heavy atom. The van der Waals surface area contributed by atoms with Crippen LogP contribution in [0.5, 0.6) is 0 Å². The van der Waals surface area contributed by atoms with Gasteiger partial charge in [0, 0.05) is 30.5 Å². The highest BCUT2D eigenvalue weighted by Gasteiger charge is 2.47. The monoisotopic (exact) mass is 316 g/mol. The van der Waals surface area contributed by atoms with Gasteiger partial charge >= 0.3 is 11.8 Å². The van der Waals surface area contributed by atoms with Crippen molar-refractivity contribution in [1.29, 1.82) is 0 Å². The molecule has 1 N–H and O–H groups in total. The van der Waals surface area contributed by atoms with Gasteiger partial charge in [0.1, 0.15) is 5.82 Å². The fourth-order valence-electron chi connectivity index (χ4n) is 3.74. The molecule has 2 atom stereocenters. The Labute approximate surface area is 136 Å². The van der Waals surface area contributed by atoms with Crippen LogP contribution in [0.1, 0.15) is 56.6 Å². The van der Waals surface area contributed by atoms with Crippen LogP contribution in [0.3, 0.4) is 0 Å². The van der Waals surface area contributed by atoms with E-state index in [-0.39, 0.29) is 17.9 Å². The van der Waals surface area contributed by atoms with Crippen molar-refractivity contribution in [1.82, 2.24) is 19.8 Å². The van der Waals surface area contributed by atoms with Crippen LogP contribution in [0, 0.1) is 12.8 Å². The first-order chi connectivity index (χ1) is 11.1. The van der Waals surface area contributed by atoms with Gasteiger partial charge in [0.05, 0.1) is 6.04 Å². The zero-order valence-electron chi connectivity index (χ0n) is 13.8. The first-order valence-electron chi connectivity index (χ1n) is 8.71. The summed E-state index contributed by atoms with van der Waals surface area (Å²) in [7, 11) is 0. The van der Waals surface area contributed by atoms with E-state index in [9.17, 15) is 9.59 Å². The van der Waals surface area contributed by atoms with Crippen LogP contribution < -0.4 is 0 Å². The maximum absolute atomic E-state index is 12.9. The van der Waals surface area contributed by atoms with E-state index in [1.165, 1.54) is 0 Å². The van der Waals surface area contributed by atoms with E-state index in [4.69, 9.17) is 0 Å². The first-order valence-corrected chi connectivity index (χ1v) is 8.71. The molecule has 3 fully saturated rings. The van der Waals surface area contributed by atoms with Crippen LogP contribution in [0.25, 0.3) is 0 Å². The first kappa shape index (κ1) is 14.7. The summed E-state index contributed by atoms with van der Waals surface area (Å²) in [5, 5.41) is 0. The van der Waals surface area contributed by atoms with Crippen molar-refractivity contribution in [2.24, 2.45) is 5.92 Å². The van der Waals surface area contributed by atoms with Gasteiger partial charge in [0.15, 0.2) is 0 Å². The van der Waals surface area contributed by atoms with E-state index in [1.54, 1.807) is 11.1 Å². The number of imidazole rings is 1. The minimum atomic E-state index is -0.341. The van der Waals surface area contributed by atoms with E-state index in [2.05, 4.69) is 16.9 Å². The van der Waals surface area contributed by atoms with Gasteiger partial charge in [0.2, 0.25) is 0 Å². The molecule has 1 saturated heterocycles. The fourth-order valence-corrected chi connectivity index (χ4v) is 3.74.